The van der Waals surface area contributed by atoms with Gasteiger partial charge in [0.25, 0.3) is 5.91 Å². The predicted octanol–water partition coefficient (Wildman–Crippen LogP) is 3.01. The number of hydrogen-bond acceptors (Lipinski definition) is 4. The molecule has 5 nitrogen and oxygen atoms in total. The zero-order valence-corrected chi connectivity index (χ0v) is 18.1. The van der Waals surface area contributed by atoms with Gasteiger partial charge in [-0.05, 0) is 57.9 Å². The summed E-state index contributed by atoms with van der Waals surface area (Å²) < 4.78 is 5.79. The van der Waals surface area contributed by atoms with Crippen molar-refractivity contribution in [3.63, 3.8) is 0 Å². The Hall–Kier alpha value is -0.850. The van der Waals surface area contributed by atoms with Gasteiger partial charge < -0.3 is 15.4 Å². The van der Waals surface area contributed by atoms with Crippen LogP contribution in [0.3, 0.4) is 0 Å². The Kier molecular flexibility index (Phi) is 10.1. The summed E-state index contributed by atoms with van der Waals surface area (Å²) in [6.45, 7) is 10.2. The molecule has 1 aromatic carbocycles. The summed E-state index contributed by atoms with van der Waals surface area (Å²) in [4.78, 5) is 14.9. The molecule has 0 spiro atoms. The first kappa shape index (κ1) is 24.2. The average Bonchev–Trinajstić information content (AvgIpc) is 2.56. The summed E-state index contributed by atoms with van der Waals surface area (Å²) in [6, 6.07) is 8.59. The van der Waals surface area contributed by atoms with E-state index in [1.807, 2.05) is 12.1 Å². The molecule has 2 aliphatic heterocycles. The van der Waals surface area contributed by atoms with E-state index >= 15 is 0 Å². The summed E-state index contributed by atoms with van der Waals surface area (Å²) in [6.07, 6.45) is 2.72. The lowest BCUT2D eigenvalue weighted by Crippen LogP contribution is -2.51. The van der Waals surface area contributed by atoms with E-state index in [-0.39, 0.29) is 49.0 Å². The van der Waals surface area contributed by atoms with Crippen LogP contribution < -0.4 is 10.6 Å². The van der Waals surface area contributed by atoms with E-state index in [0.29, 0.717) is 6.04 Å². The predicted molar refractivity (Wildman–Crippen MR) is 114 cm³/mol. The second kappa shape index (κ2) is 11.2. The van der Waals surface area contributed by atoms with E-state index < -0.39 is 0 Å². The topological polar surface area (TPSA) is 53.6 Å². The van der Waals surface area contributed by atoms with Crippen molar-refractivity contribution in [2.24, 2.45) is 0 Å². The van der Waals surface area contributed by atoms with Crippen molar-refractivity contribution in [1.82, 2.24) is 15.5 Å². The monoisotopic (exact) mass is 417 g/mol. The number of benzene rings is 1. The first-order chi connectivity index (χ1) is 12.0. The number of ether oxygens (including phenoxy) is 1. The molecule has 154 valence electrons. The molecule has 0 bridgehead atoms. The van der Waals surface area contributed by atoms with Crippen LogP contribution in [0.15, 0.2) is 24.3 Å². The molecule has 2 aliphatic rings. The highest BCUT2D eigenvalue weighted by molar-refractivity contribution is 5.94. The molecule has 2 N–H and O–H groups in total. The van der Waals surface area contributed by atoms with Crippen LogP contribution in [0.25, 0.3) is 0 Å². The van der Waals surface area contributed by atoms with Gasteiger partial charge in [0.2, 0.25) is 0 Å². The number of nitrogens with one attached hydrogen (secondary N) is 2. The van der Waals surface area contributed by atoms with E-state index in [2.05, 4.69) is 48.4 Å². The minimum atomic E-state index is 0. The van der Waals surface area contributed by atoms with E-state index in [4.69, 9.17) is 4.74 Å². The molecule has 3 rings (SSSR count). The van der Waals surface area contributed by atoms with E-state index in [0.717, 1.165) is 44.6 Å². The molecule has 1 amide bonds. The third-order valence-electron chi connectivity index (χ3n) is 5.20. The molecule has 2 saturated heterocycles. The second-order valence-electron chi connectivity index (χ2n) is 7.61. The number of hydrogen-bond donors (Lipinski definition) is 2. The fourth-order valence-electron chi connectivity index (χ4n) is 3.93. The van der Waals surface area contributed by atoms with Gasteiger partial charge in [-0.3, -0.25) is 9.69 Å². The van der Waals surface area contributed by atoms with Crippen molar-refractivity contribution in [2.45, 2.75) is 64.4 Å². The van der Waals surface area contributed by atoms with Gasteiger partial charge in [0, 0.05) is 37.3 Å². The number of piperidine rings is 1. The van der Waals surface area contributed by atoms with E-state index in [1.165, 1.54) is 5.56 Å². The number of halogens is 2. The maximum absolute atomic E-state index is 12.5. The van der Waals surface area contributed by atoms with Crippen LogP contribution in [0, 0.1) is 0 Å². The van der Waals surface area contributed by atoms with Crippen LogP contribution >= 0.6 is 24.8 Å². The van der Waals surface area contributed by atoms with Crippen LogP contribution in [0.5, 0.6) is 0 Å². The van der Waals surface area contributed by atoms with Crippen molar-refractivity contribution in [3.05, 3.63) is 35.4 Å². The average molecular weight is 418 g/mol. The number of morpholine rings is 1. The maximum atomic E-state index is 12.5. The first-order valence-corrected chi connectivity index (χ1v) is 9.52. The quantitative estimate of drug-likeness (QED) is 0.790. The van der Waals surface area contributed by atoms with Crippen molar-refractivity contribution in [2.75, 3.05) is 19.6 Å². The largest absolute Gasteiger partial charge is 0.373 e. The van der Waals surface area contributed by atoms with Crippen LogP contribution in [0.2, 0.25) is 0 Å². The molecule has 27 heavy (non-hydrogen) atoms. The molecule has 1 aromatic rings. The Bertz CT molecular complexity index is 575. The highest BCUT2D eigenvalue weighted by Crippen LogP contribution is 2.15. The Balaban J connectivity index is 0.00000182. The normalized spacial score (nSPS) is 28.6. The lowest BCUT2D eigenvalue weighted by atomic mass is 9.99. The summed E-state index contributed by atoms with van der Waals surface area (Å²) in [5.41, 5.74) is 1.98. The van der Waals surface area contributed by atoms with Crippen molar-refractivity contribution in [1.29, 1.82) is 0 Å². The summed E-state index contributed by atoms with van der Waals surface area (Å²) in [5, 5.41) is 6.59. The fraction of sp³-hybridized carbons (Fsp3) is 0.650. The molecule has 4 unspecified atom stereocenters. The van der Waals surface area contributed by atoms with Crippen molar-refractivity contribution >= 4 is 30.7 Å². The Morgan fingerprint density at radius 3 is 2.37 bits per heavy atom. The van der Waals surface area contributed by atoms with Crippen molar-refractivity contribution < 1.29 is 9.53 Å². The van der Waals surface area contributed by atoms with Gasteiger partial charge in [-0.2, -0.15) is 0 Å². The number of carbonyl (C=O) groups is 1. The Morgan fingerprint density at radius 1 is 1.15 bits per heavy atom. The van der Waals surface area contributed by atoms with E-state index in [9.17, 15) is 4.79 Å². The standard InChI is InChI=1S/C20H31N3O2.2ClH/c1-14-11-23(12-15(2)25-14)13-17-6-8-18(9-7-17)20(24)22-19-5-4-10-21-16(19)3;;/h6-9,14-16,19,21H,4-5,10-13H2,1-3H3,(H,22,24);2*1H. The fourth-order valence-corrected chi connectivity index (χ4v) is 3.93. The molecule has 0 radical (unpaired) electrons. The number of rotatable bonds is 4. The minimum absolute atomic E-state index is 0. The number of nitrogens with zero attached hydrogens (tertiary/aromatic N) is 1. The minimum Gasteiger partial charge on any atom is -0.373 e. The molecule has 2 fully saturated rings. The first-order valence-electron chi connectivity index (χ1n) is 9.52. The molecule has 0 saturated carbocycles. The zero-order chi connectivity index (χ0) is 17.8. The van der Waals surface area contributed by atoms with Gasteiger partial charge in [-0.25, -0.2) is 0 Å². The summed E-state index contributed by atoms with van der Waals surface area (Å²) in [7, 11) is 0. The second-order valence-corrected chi connectivity index (χ2v) is 7.61. The Labute approximate surface area is 175 Å². The molecular weight excluding hydrogens is 385 g/mol. The zero-order valence-electron chi connectivity index (χ0n) is 16.4. The molecule has 2 heterocycles. The smallest absolute Gasteiger partial charge is 0.251 e. The summed E-state index contributed by atoms with van der Waals surface area (Å²) >= 11 is 0. The molecule has 0 aromatic heterocycles. The third-order valence-corrected chi connectivity index (χ3v) is 5.20. The van der Waals surface area contributed by atoms with Crippen LogP contribution in [0.4, 0.5) is 0 Å². The molecule has 0 aliphatic carbocycles. The molecular formula is C20H33Cl2N3O2. The van der Waals surface area contributed by atoms with E-state index in [1.54, 1.807) is 0 Å². The van der Waals surface area contributed by atoms with Gasteiger partial charge in [0.1, 0.15) is 0 Å². The SMILES string of the molecule is CC1CN(Cc2ccc(C(=O)NC3CCCNC3C)cc2)CC(C)O1.Cl.Cl. The number of carbonyl (C=O) groups excluding carboxylic acids is 1. The highest BCUT2D eigenvalue weighted by atomic mass is 35.5. The lowest BCUT2D eigenvalue weighted by Gasteiger charge is -2.35. The van der Waals surface area contributed by atoms with Gasteiger partial charge >= 0.3 is 0 Å². The van der Waals surface area contributed by atoms with Gasteiger partial charge in [-0.1, -0.05) is 12.1 Å². The third kappa shape index (κ3) is 6.91. The molecule has 7 heteroatoms. The maximum Gasteiger partial charge on any atom is 0.251 e. The van der Waals surface area contributed by atoms with Crippen LogP contribution in [-0.4, -0.2) is 54.7 Å². The lowest BCUT2D eigenvalue weighted by molar-refractivity contribution is -0.0704. The van der Waals surface area contributed by atoms with Crippen LogP contribution in [-0.2, 0) is 11.3 Å². The van der Waals surface area contributed by atoms with Gasteiger partial charge in [0.15, 0.2) is 0 Å². The van der Waals surface area contributed by atoms with Gasteiger partial charge in [0.05, 0.1) is 12.2 Å². The highest BCUT2D eigenvalue weighted by Gasteiger charge is 2.24. The number of amides is 1. The Morgan fingerprint density at radius 2 is 1.78 bits per heavy atom. The van der Waals surface area contributed by atoms with Gasteiger partial charge in [-0.15, -0.1) is 24.8 Å². The summed E-state index contributed by atoms with van der Waals surface area (Å²) in [5.74, 6) is 0.0284. The van der Waals surface area contributed by atoms with Crippen molar-refractivity contribution in [3.8, 4) is 0 Å². The van der Waals surface area contributed by atoms with Crippen LogP contribution in [0.1, 0.15) is 49.5 Å². The molecule has 4 atom stereocenters.